The fourth-order valence-corrected chi connectivity index (χ4v) is 9.25. The molecule has 1 aromatic heterocycles. The second kappa shape index (κ2) is 14.4. The van der Waals surface area contributed by atoms with Gasteiger partial charge in [-0.25, -0.2) is 15.0 Å². The van der Waals surface area contributed by atoms with Crippen molar-refractivity contribution in [2.45, 2.75) is 12.3 Å². The zero-order valence-corrected chi connectivity index (χ0v) is 33.2. The smallest absolute Gasteiger partial charge is 0.164 e. The summed E-state index contributed by atoms with van der Waals surface area (Å²) >= 11 is 0. The van der Waals surface area contributed by atoms with Crippen LogP contribution < -0.4 is 4.74 Å². The monoisotopic (exact) mass is 779 g/mol. The molecule has 1 aliphatic carbocycles. The molecule has 286 valence electrons. The van der Waals surface area contributed by atoms with E-state index in [1.54, 1.807) is 0 Å². The molecule has 2 heterocycles. The summed E-state index contributed by atoms with van der Waals surface area (Å²) in [4.78, 5) is 15.8. The van der Waals surface area contributed by atoms with Crippen LogP contribution in [0.2, 0.25) is 0 Å². The summed E-state index contributed by atoms with van der Waals surface area (Å²) in [5, 5.41) is 7.32. The zero-order chi connectivity index (χ0) is 40.3. The van der Waals surface area contributed by atoms with Gasteiger partial charge in [0, 0.05) is 22.3 Å². The number of benzene rings is 9. The van der Waals surface area contributed by atoms with E-state index in [4.69, 9.17) is 19.7 Å². The lowest BCUT2D eigenvalue weighted by molar-refractivity contribution is 0.425. The summed E-state index contributed by atoms with van der Waals surface area (Å²) in [6.45, 7) is 0. The Kier molecular flexibility index (Phi) is 8.27. The first-order valence-corrected chi connectivity index (χ1v) is 20.9. The predicted octanol–water partition coefficient (Wildman–Crippen LogP) is 14.7. The summed E-state index contributed by atoms with van der Waals surface area (Å²) in [5.74, 6) is 3.82. The Bertz CT molecular complexity index is 3440. The molecule has 0 bridgehead atoms. The van der Waals surface area contributed by atoms with Gasteiger partial charge in [-0.3, -0.25) is 0 Å². The van der Waals surface area contributed by atoms with E-state index >= 15 is 0 Å². The Hall–Kier alpha value is -7.95. The first-order valence-electron chi connectivity index (χ1n) is 20.9. The van der Waals surface area contributed by atoms with E-state index in [0.717, 1.165) is 56.9 Å². The number of rotatable bonds is 6. The molecule has 10 aromatic rings. The third kappa shape index (κ3) is 6.20. The van der Waals surface area contributed by atoms with E-state index in [-0.39, 0.29) is 5.92 Å². The number of hydrogen-bond acceptors (Lipinski definition) is 4. The van der Waals surface area contributed by atoms with Gasteiger partial charge in [-0.1, -0.05) is 170 Å². The molecule has 1 aliphatic heterocycles. The largest absolute Gasteiger partial charge is 0.461 e. The lowest BCUT2D eigenvalue weighted by atomic mass is 9.88. The highest BCUT2D eigenvalue weighted by Crippen LogP contribution is 2.48. The molecule has 0 radical (unpaired) electrons. The van der Waals surface area contributed by atoms with Gasteiger partial charge >= 0.3 is 0 Å². The molecule has 0 amide bonds. The molecule has 61 heavy (non-hydrogen) atoms. The molecule has 0 spiro atoms. The normalized spacial score (nSPS) is 14.2. The topological polar surface area (TPSA) is 47.9 Å². The van der Waals surface area contributed by atoms with Gasteiger partial charge in [0.05, 0.1) is 5.92 Å². The maximum Gasteiger partial charge on any atom is 0.164 e. The van der Waals surface area contributed by atoms with Crippen molar-refractivity contribution in [2.24, 2.45) is 0 Å². The van der Waals surface area contributed by atoms with Crippen molar-refractivity contribution in [1.82, 2.24) is 15.0 Å². The standard InChI is InChI=1S/C57H37N3O/c1-3-20-46-36(12-1)14-9-23-48(46)42-17-8-19-45(35-42)56-58-55(59-57(60-56)51-25-11-27-53-54(51)50-22-5-6-26-52(50)61-53)44-18-7-16-38(34-44)39-28-29-41-33-43(31-30-40(41)32-39)49-24-10-15-37-13-2-4-21-47(37)49/h1-21,23-35,50H,22H2. The predicted molar refractivity (Wildman–Crippen MR) is 250 cm³/mol. The van der Waals surface area contributed by atoms with E-state index in [1.807, 2.05) is 12.1 Å². The van der Waals surface area contributed by atoms with Gasteiger partial charge in [0.25, 0.3) is 0 Å². The van der Waals surface area contributed by atoms with Gasteiger partial charge in [-0.05, 0) is 109 Å². The molecule has 0 N–H and O–H groups in total. The van der Waals surface area contributed by atoms with Crippen molar-refractivity contribution in [1.29, 1.82) is 0 Å². The van der Waals surface area contributed by atoms with Crippen molar-refractivity contribution in [3.8, 4) is 73.3 Å². The van der Waals surface area contributed by atoms with Crippen LogP contribution in [0.3, 0.4) is 0 Å². The molecule has 9 aromatic carbocycles. The highest BCUT2D eigenvalue weighted by molar-refractivity contribution is 6.00. The van der Waals surface area contributed by atoms with Crippen molar-refractivity contribution in [3.05, 3.63) is 218 Å². The van der Waals surface area contributed by atoms with Crippen LogP contribution in [0.15, 0.2) is 212 Å². The summed E-state index contributed by atoms with van der Waals surface area (Å²) < 4.78 is 6.38. The lowest BCUT2D eigenvalue weighted by Crippen LogP contribution is -2.04. The van der Waals surface area contributed by atoms with Crippen molar-refractivity contribution < 1.29 is 4.74 Å². The number of aromatic nitrogens is 3. The van der Waals surface area contributed by atoms with Crippen LogP contribution >= 0.6 is 0 Å². The summed E-state index contributed by atoms with van der Waals surface area (Å²) in [6, 6.07) is 66.9. The third-order valence-corrected chi connectivity index (χ3v) is 12.2. The summed E-state index contributed by atoms with van der Waals surface area (Å²) in [6.07, 6.45) is 7.22. The second-order valence-electron chi connectivity index (χ2n) is 15.9. The first-order chi connectivity index (χ1) is 30.2. The van der Waals surface area contributed by atoms with Gasteiger partial charge in [-0.2, -0.15) is 0 Å². The molecule has 4 nitrogen and oxygen atoms in total. The van der Waals surface area contributed by atoms with Crippen LogP contribution in [0.25, 0.3) is 99.9 Å². The number of hydrogen-bond donors (Lipinski definition) is 0. The van der Waals surface area contributed by atoms with Crippen LogP contribution in [0.5, 0.6) is 5.75 Å². The molecular weight excluding hydrogens is 743 g/mol. The van der Waals surface area contributed by atoms with Crippen molar-refractivity contribution in [2.75, 3.05) is 0 Å². The molecule has 4 heteroatoms. The SMILES string of the molecule is C1=CCC2C(=C1)Oc1cccc(-c3nc(-c4cccc(-c5ccc6cc(-c7cccc8ccccc78)ccc6c5)c4)nc(-c4cccc(-c5cccc6ccccc56)c4)n3)c12. The van der Waals surface area contributed by atoms with Gasteiger partial charge in [0.2, 0.25) is 0 Å². The van der Waals surface area contributed by atoms with E-state index in [0.29, 0.717) is 17.5 Å². The maximum absolute atomic E-state index is 6.38. The Labute approximate surface area is 353 Å². The Morgan fingerprint density at radius 1 is 0.393 bits per heavy atom. The van der Waals surface area contributed by atoms with Gasteiger partial charge in [0.15, 0.2) is 17.5 Å². The van der Waals surface area contributed by atoms with Crippen LogP contribution in [0.4, 0.5) is 0 Å². The Morgan fingerprint density at radius 2 is 0.902 bits per heavy atom. The van der Waals surface area contributed by atoms with Crippen molar-refractivity contribution >= 4 is 32.3 Å². The lowest BCUT2D eigenvalue weighted by Gasteiger charge is -2.15. The first kappa shape index (κ1) is 35.0. The molecular formula is C57H37N3O. The third-order valence-electron chi connectivity index (χ3n) is 12.2. The van der Waals surface area contributed by atoms with Crippen LogP contribution in [0, 0.1) is 0 Å². The van der Waals surface area contributed by atoms with Crippen LogP contribution in [0.1, 0.15) is 17.9 Å². The van der Waals surface area contributed by atoms with Crippen LogP contribution in [-0.4, -0.2) is 15.0 Å². The maximum atomic E-state index is 6.38. The van der Waals surface area contributed by atoms with E-state index in [1.165, 1.54) is 49.0 Å². The van der Waals surface area contributed by atoms with E-state index in [9.17, 15) is 0 Å². The number of nitrogens with zero attached hydrogens (tertiary/aromatic N) is 3. The minimum Gasteiger partial charge on any atom is -0.461 e. The van der Waals surface area contributed by atoms with E-state index < -0.39 is 0 Å². The van der Waals surface area contributed by atoms with Crippen LogP contribution in [-0.2, 0) is 0 Å². The molecule has 0 saturated heterocycles. The number of ether oxygens (including phenoxy) is 1. The number of fused-ring (bicyclic) bond motifs is 6. The zero-order valence-electron chi connectivity index (χ0n) is 33.2. The average Bonchev–Trinajstić information content (AvgIpc) is 3.72. The van der Waals surface area contributed by atoms with Crippen molar-refractivity contribution in [3.63, 3.8) is 0 Å². The van der Waals surface area contributed by atoms with E-state index in [2.05, 4.69) is 194 Å². The molecule has 1 atom stereocenters. The Morgan fingerprint density at radius 3 is 1.62 bits per heavy atom. The van der Waals surface area contributed by atoms with Gasteiger partial charge in [-0.15, -0.1) is 0 Å². The highest BCUT2D eigenvalue weighted by atomic mass is 16.5. The quantitative estimate of drug-likeness (QED) is 0.169. The minimum absolute atomic E-state index is 0.119. The minimum atomic E-state index is 0.119. The summed E-state index contributed by atoms with van der Waals surface area (Å²) in [5.41, 5.74) is 10.9. The number of allylic oxidation sites excluding steroid dienone is 4. The Balaban J connectivity index is 0.967. The van der Waals surface area contributed by atoms with Gasteiger partial charge < -0.3 is 4.74 Å². The van der Waals surface area contributed by atoms with Gasteiger partial charge in [0.1, 0.15) is 11.5 Å². The second-order valence-corrected chi connectivity index (χ2v) is 15.9. The highest BCUT2D eigenvalue weighted by Gasteiger charge is 2.33. The fourth-order valence-electron chi connectivity index (χ4n) is 9.25. The average molecular weight is 780 g/mol. The molecule has 0 fully saturated rings. The fraction of sp³-hybridized carbons (Fsp3) is 0.0351. The molecule has 2 aliphatic rings. The molecule has 12 rings (SSSR count). The molecule has 1 unspecified atom stereocenters. The molecule has 0 saturated carbocycles. The summed E-state index contributed by atoms with van der Waals surface area (Å²) in [7, 11) is 0.